The molecule has 21 heavy (non-hydrogen) atoms. The molecule has 1 N–H and O–H groups in total. The van der Waals surface area contributed by atoms with Gasteiger partial charge in [-0.1, -0.05) is 6.07 Å². The maximum atomic E-state index is 13.4. The van der Waals surface area contributed by atoms with E-state index in [1.807, 2.05) is 0 Å². The molecule has 1 aromatic carbocycles. The molecule has 0 saturated carbocycles. The van der Waals surface area contributed by atoms with Gasteiger partial charge in [-0.25, -0.2) is 4.39 Å². The third-order valence-corrected chi connectivity index (χ3v) is 3.75. The summed E-state index contributed by atoms with van der Waals surface area (Å²) >= 11 is 0. The van der Waals surface area contributed by atoms with E-state index in [9.17, 15) is 14.3 Å². The Kier molecular flexibility index (Phi) is 5.01. The Bertz CT molecular complexity index is 486. The highest BCUT2D eigenvalue weighted by molar-refractivity contribution is 5.81. The molecular formula is C15H20FNO4. The van der Waals surface area contributed by atoms with Crippen molar-refractivity contribution in [2.75, 3.05) is 27.4 Å². The topological polar surface area (TPSA) is 59.0 Å². The Labute approximate surface area is 123 Å². The number of hydrogen-bond acceptors (Lipinski definition) is 4. The van der Waals surface area contributed by atoms with Crippen LogP contribution in [0.1, 0.15) is 12.0 Å². The van der Waals surface area contributed by atoms with Gasteiger partial charge in [0.2, 0.25) is 5.91 Å². The van der Waals surface area contributed by atoms with Crippen molar-refractivity contribution < 1.29 is 23.8 Å². The number of aliphatic hydroxyl groups is 1. The SMILES string of the molecule is COc1cccc(OC)c1CC(=O)N1C[C@@H](F)C[C@H]1CO. The molecule has 1 aliphatic heterocycles. The van der Waals surface area contributed by atoms with E-state index in [-0.39, 0.29) is 31.9 Å². The zero-order valence-corrected chi connectivity index (χ0v) is 12.2. The number of halogens is 1. The molecule has 1 fully saturated rings. The lowest BCUT2D eigenvalue weighted by atomic mass is 10.1. The lowest BCUT2D eigenvalue weighted by molar-refractivity contribution is -0.132. The maximum absolute atomic E-state index is 13.4. The molecule has 0 radical (unpaired) electrons. The van der Waals surface area contributed by atoms with Gasteiger partial charge in [0.25, 0.3) is 0 Å². The molecule has 0 aliphatic carbocycles. The summed E-state index contributed by atoms with van der Waals surface area (Å²) < 4.78 is 23.9. The number of likely N-dealkylation sites (tertiary alicyclic amines) is 1. The van der Waals surface area contributed by atoms with E-state index in [0.717, 1.165) is 0 Å². The Morgan fingerprint density at radius 2 is 2.00 bits per heavy atom. The van der Waals surface area contributed by atoms with Crippen molar-refractivity contribution in [2.24, 2.45) is 0 Å². The fourth-order valence-corrected chi connectivity index (χ4v) is 2.69. The summed E-state index contributed by atoms with van der Waals surface area (Å²) in [5.41, 5.74) is 0.631. The third-order valence-electron chi connectivity index (χ3n) is 3.75. The molecule has 1 amide bonds. The zero-order valence-electron chi connectivity index (χ0n) is 12.2. The van der Waals surface area contributed by atoms with Crippen LogP contribution in [0.25, 0.3) is 0 Å². The summed E-state index contributed by atoms with van der Waals surface area (Å²) in [6.45, 7) is -0.198. The Morgan fingerprint density at radius 1 is 1.38 bits per heavy atom. The van der Waals surface area contributed by atoms with Crippen LogP contribution in [-0.2, 0) is 11.2 Å². The second-order valence-electron chi connectivity index (χ2n) is 5.03. The van der Waals surface area contributed by atoms with Crippen LogP contribution in [0.5, 0.6) is 11.5 Å². The van der Waals surface area contributed by atoms with E-state index in [1.54, 1.807) is 18.2 Å². The first-order valence-electron chi connectivity index (χ1n) is 6.85. The normalized spacial score (nSPS) is 21.4. The molecule has 116 valence electrons. The van der Waals surface area contributed by atoms with Crippen molar-refractivity contribution in [1.29, 1.82) is 0 Å². The number of carbonyl (C=O) groups is 1. The van der Waals surface area contributed by atoms with Crippen molar-refractivity contribution in [3.8, 4) is 11.5 Å². The highest BCUT2D eigenvalue weighted by Gasteiger charge is 2.35. The van der Waals surface area contributed by atoms with Crippen molar-refractivity contribution in [2.45, 2.75) is 25.1 Å². The fourth-order valence-electron chi connectivity index (χ4n) is 2.69. The van der Waals surface area contributed by atoms with Gasteiger partial charge in [-0.3, -0.25) is 4.79 Å². The van der Waals surface area contributed by atoms with Gasteiger partial charge in [0.05, 0.1) is 39.8 Å². The van der Waals surface area contributed by atoms with E-state index in [1.165, 1.54) is 19.1 Å². The number of aliphatic hydroxyl groups excluding tert-OH is 1. The fraction of sp³-hybridized carbons (Fsp3) is 0.533. The molecule has 0 bridgehead atoms. The molecule has 1 aromatic rings. The van der Waals surface area contributed by atoms with Gasteiger partial charge in [-0.2, -0.15) is 0 Å². The van der Waals surface area contributed by atoms with E-state index < -0.39 is 12.2 Å². The standard InChI is InChI=1S/C15H20FNO4/c1-20-13-4-3-5-14(21-2)12(13)7-15(19)17-8-10(16)6-11(17)9-18/h3-5,10-11,18H,6-9H2,1-2H3/t10-,11-/m0/s1. The van der Waals surface area contributed by atoms with Gasteiger partial charge in [0.1, 0.15) is 17.7 Å². The molecule has 0 spiro atoms. The first-order chi connectivity index (χ1) is 10.1. The Balaban J connectivity index is 2.19. The number of carbonyl (C=O) groups excluding carboxylic acids is 1. The average molecular weight is 297 g/mol. The minimum absolute atomic E-state index is 0.0293. The van der Waals surface area contributed by atoms with E-state index in [4.69, 9.17) is 9.47 Å². The largest absolute Gasteiger partial charge is 0.496 e. The summed E-state index contributed by atoms with van der Waals surface area (Å²) in [6.07, 6.45) is -0.840. The summed E-state index contributed by atoms with van der Waals surface area (Å²) in [7, 11) is 3.04. The molecule has 2 rings (SSSR count). The maximum Gasteiger partial charge on any atom is 0.227 e. The number of benzene rings is 1. The average Bonchev–Trinajstić information content (AvgIpc) is 2.88. The van der Waals surface area contributed by atoms with Gasteiger partial charge in [-0.05, 0) is 12.1 Å². The molecule has 5 nitrogen and oxygen atoms in total. The summed E-state index contributed by atoms with van der Waals surface area (Å²) in [4.78, 5) is 13.8. The van der Waals surface area contributed by atoms with Gasteiger partial charge in [0, 0.05) is 12.0 Å². The first-order valence-corrected chi connectivity index (χ1v) is 6.85. The molecule has 1 heterocycles. The molecule has 6 heteroatoms. The zero-order chi connectivity index (χ0) is 15.4. The molecule has 1 saturated heterocycles. The minimum Gasteiger partial charge on any atom is -0.496 e. The number of hydrogen-bond donors (Lipinski definition) is 1. The summed E-state index contributed by atoms with van der Waals surface area (Å²) in [5, 5.41) is 9.26. The summed E-state index contributed by atoms with van der Waals surface area (Å²) in [5.74, 6) is 0.871. The number of amides is 1. The Hall–Kier alpha value is -1.82. The van der Waals surface area contributed by atoms with Gasteiger partial charge >= 0.3 is 0 Å². The van der Waals surface area contributed by atoms with Crippen LogP contribution in [0.2, 0.25) is 0 Å². The lowest BCUT2D eigenvalue weighted by Gasteiger charge is -2.23. The van der Waals surface area contributed by atoms with Crippen LogP contribution in [0.3, 0.4) is 0 Å². The minimum atomic E-state index is -1.08. The lowest BCUT2D eigenvalue weighted by Crippen LogP contribution is -2.38. The van der Waals surface area contributed by atoms with Gasteiger partial charge in [0.15, 0.2) is 0 Å². The van der Waals surface area contributed by atoms with Crippen LogP contribution in [-0.4, -0.2) is 55.5 Å². The number of ether oxygens (including phenoxy) is 2. The third kappa shape index (κ3) is 3.26. The van der Waals surface area contributed by atoms with E-state index >= 15 is 0 Å². The Morgan fingerprint density at radius 3 is 2.52 bits per heavy atom. The number of alkyl halides is 1. The van der Waals surface area contributed by atoms with Crippen LogP contribution in [0, 0.1) is 0 Å². The van der Waals surface area contributed by atoms with E-state index in [2.05, 4.69) is 0 Å². The highest BCUT2D eigenvalue weighted by Crippen LogP contribution is 2.30. The second kappa shape index (κ2) is 6.76. The van der Waals surface area contributed by atoms with Crippen LogP contribution >= 0.6 is 0 Å². The summed E-state index contributed by atoms with van der Waals surface area (Å²) in [6, 6.07) is 4.82. The van der Waals surface area contributed by atoms with Crippen LogP contribution in [0.4, 0.5) is 4.39 Å². The van der Waals surface area contributed by atoms with Gasteiger partial charge < -0.3 is 19.5 Å². The quantitative estimate of drug-likeness (QED) is 0.886. The molecular weight excluding hydrogens is 277 g/mol. The van der Waals surface area contributed by atoms with Crippen molar-refractivity contribution >= 4 is 5.91 Å². The van der Waals surface area contributed by atoms with Crippen LogP contribution < -0.4 is 9.47 Å². The number of methoxy groups -OCH3 is 2. The second-order valence-corrected chi connectivity index (χ2v) is 5.03. The molecule has 0 unspecified atom stereocenters. The van der Waals surface area contributed by atoms with Crippen molar-refractivity contribution in [3.63, 3.8) is 0 Å². The van der Waals surface area contributed by atoms with Gasteiger partial charge in [-0.15, -0.1) is 0 Å². The smallest absolute Gasteiger partial charge is 0.227 e. The first kappa shape index (κ1) is 15.6. The predicted molar refractivity (Wildman–Crippen MR) is 75.3 cm³/mol. The monoisotopic (exact) mass is 297 g/mol. The molecule has 2 atom stereocenters. The van der Waals surface area contributed by atoms with E-state index in [0.29, 0.717) is 17.1 Å². The van der Waals surface area contributed by atoms with Crippen molar-refractivity contribution in [3.05, 3.63) is 23.8 Å². The number of rotatable bonds is 5. The molecule has 1 aliphatic rings. The number of nitrogens with zero attached hydrogens (tertiary/aromatic N) is 1. The molecule has 0 aromatic heterocycles. The predicted octanol–water partition coefficient (Wildman–Crippen LogP) is 1.18. The van der Waals surface area contributed by atoms with Crippen molar-refractivity contribution in [1.82, 2.24) is 4.90 Å². The van der Waals surface area contributed by atoms with Crippen LogP contribution in [0.15, 0.2) is 18.2 Å². The highest BCUT2D eigenvalue weighted by atomic mass is 19.1.